The number of carbonyl (C=O) groups excluding carboxylic acids is 1. The quantitative estimate of drug-likeness (QED) is 0.200. The fourth-order valence-electron chi connectivity index (χ4n) is 3.39. The second-order valence-corrected chi connectivity index (χ2v) is 9.70. The standard InChI is InChI=1S/C26H24Cl2N4OS/c1-18-9-11-20(12-10-18)25-30-31-26(32(25)21-13-14-22(27)23(28)16-21)34-15-5-8-24(33)29-17-19-6-3-2-4-7-19/h2-4,6-7,9-14,16H,5,8,15,17H2,1H3,(H,29,33). The molecule has 0 saturated heterocycles. The van der Waals surface area contributed by atoms with Crippen LogP contribution < -0.4 is 5.32 Å². The third-order valence-corrected chi connectivity index (χ3v) is 6.97. The average Bonchev–Trinajstić information content (AvgIpc) is 3.27. The predicted molar refractivity (Wildman–Crippen MR) is 140 cm³/mol. The maximum absolute atomic E-state index is 12.2. The van der Waals surface area contributed by atoms with Crippen LogP contribution in [0.3, 0.4) is 0 Å². The molecule has 174 valence electrons. The third-order valence-electron chi connectivity index (χ3n) is 5.22. The summed E-state index contributed by atoms with van der Waals surface area (Å²) in [6.07, 6.45) is 1.17. The number of hydrogen-bond donors (Lipinski definition) is 1. The number of nitrogens with one attached hydrogen (secondary N) is 1. The van der Waals surface area contributed by atoms with Gasteiger partial charge in [-0.2, -0.15) is 0 Å². The lowest BCUT2D eigenvalue weighted by Crippen LogP contribution is -2.22. The summed E-state index contributed by atoms with van der Waals surface area (Å²) in [5.74, 6) is 1.49. The van der Waals surface area contributed by atoms with E-state index < -0.39 is 0 Å². The molecule has 0 atom stereocenters. The molecule has 34 heavy (non-hydrogen) atoms. The lowest BCUT2D eigenvalue weighted by molar-refractivity contribution is -0.121. The van der Waals surface area contributed by atoms with Crippen molar-refractivity contribution in [1.82, 2.24) is 20.1 Å². The first-order chi connectivity index (χ1) is 16.5. The van der Waals surface area contributed by atoms with Gasteiger partial charge in [0.1, 0.15) is 0 Å². The number of hydrogen-bond acceptors (Lipinski definition) is 4. The van der Waals surface area contributed by atoms with Crippen LogP contribution in [0.4, 0.5) is 0 Å². The Kier molecular flexibility index (Phi) is 8.27. The molecule has 1 heterocycles. The highest BCUT2D eigenvalue weighted by Crippen LogP contribution is 2.31. The van der Waals surface area contributed by atoms with E-state index in [0.29, 0.717) is 23.0 Å². The van der Waals surface area contributed by atoms with Gasteiger partial charge in [0.15, 0.2) is 11.0 Å². The minimum Gasteiger partial charge on any atom is -0.352 e. The van der Waals surface area contributed by atoms with Gasteiger partial charge in [0, 0.05) is 24.3 Å². The Labute approximate surface area is 213 Å². The van der Waals surface area contributed by atoms with E-state index in [1.807, 2.05) is 78.2 Å². The van der Waals surface area contributed by atoms with Crippen LogP contribution in [0.2, 0.25) is 10.0 Å². The van der Waals surface area contributed by atoms with Gasteiger partial charge in [0.2, 0.25) is 5.91 Å². The molecule has 3 aromatic carbocycles. The van der Waals surface area contributed by atoms with Crippen molar-refractivity contribution in [2.24, 2.45) is 0 Å². The van der Waals surface area contributed by atoms with Crippen molar-refractivity contribution in [1.29, 1.82) is 0 Å². The molecule has 0 saturated carbocycles. The van der Waals surface area contributed by atoms with Crippen molar-refractivity contribution in [2.45, 2.75) is 31.5 Å². The van der Waals surface area contributed by atoms with Crippen molar-refractivity contribution in [3.8, 4) is 17.1 Å². The highest BCUT2D eigenvalue weighted by molar-refractivity contribution is 7.99. The Hall–Kier alpha value is -2.80. The van der Waals surface area contributed by atoms with Crippen molar-refractivity contribution >= 4 is 40.9 Å². The number of halogens is 2. The molecule has 4 rings (SSSR count). The molecule has 0 bridgehead atoms. The average molecular weight is 511 g/mol. The van der Waals surface area contributed by atoms with E-state index in [1.54, 1.807) is 17.8 Å². The second-order valence-electron chi connectivity index (χ2n) is 7.82. The molecule has 5 nitrogen and oxygen atoms in total. The van der Waals surface area contributed by atoms with E-state index in [1.165, 1.54) is 5.56 Å². The Bertz CT molecular complexity index is 1260. The van der Waals surface area contributed by atoms with Crippen LogP contribution in [0.25, 0.3) is 17.1 Å². The molecule has 0 fully saturated rings. The maximum atomic E-state index is 12.2. The first-order valence-electron chi connectivity index (χ1n) is 10.9. The second kappa shape index (κ2) is 11.6. The summed E-state index contributed by atoms with van der Waals surface area (Å²) in [5, 5.41) is 13.6. The Morgan fingerprint density at radius 2 is 1.74 bits per heavy atom. The van der Waals surface area contributed by atoms with Crippen molar-refractivity contribution in [3.63, 3.8) is 0 Å². The monoisotopic (exact) mass is 510 g/mol. The van der Waals surface area contributed by atoms with E-state index in [9.17, 15) is 4.79 Å². The summed E-state index contributed by atoms with van der Waals surface area (Å²) in [6, 6.07) is 23.5. The first-order valence-corrected chi connectivity index (χ1v) is 12.7. The van der Waals surface area contributed by atoms with Gasteiger partial charge in [0.05, 0.1) is 15.7 Å². The first kappa shape index (κ1) is 24.3. The molecule has 0 radical (unpaired) electrons. The van der Waals surface area contributed by atoms with Crippen LogP contribution in [0.1, 0.15) is 24.0 Å². The predicted octanol–water partition coefficient (Wildman–Crippen LogP) is 6.74. The summed E-state index contributed by atoms with van der Waals surface area (Å²) < 4.78 is 1.98. The normalized spacial score (nSPS) is 10.9. The number of rotatable bonds is 9. The van der Waals surface area contributed by atoms with Crippen molar-refractivity contribution in [2.75, 3.05) is 5.75 Å². The van der Waals surface area contributed by atoms with Gasteiger partial charge < -0.3 is 5.32 Å². The summed E-state index contributed by atoms with van der Waals surface area (Å²) in [5.41, 5.74) is 4.04. The molecule has 0 aliphatic rings. The highest BCUT2D eigenvalue weighted by Gasteiger charge is 2.17. The van der Waals surface area contributed by atoms with Gasteiger partial charge in [-0.05, 0) is 37.1 Å². The molecule has 0 aliphatic carbocycles. The zero-order valence-electron chi connectivity index (χ0n) is 18.7. The minimum atomic E-state index is 0.0377. The number of carbonyl (C=O) groups is 1. The molecular formula is C26H24Cl2N4OS. The van der Waals surface area contributed by atoms with Crippen molar-refractivity contribution < 1.29 is 4.79 Å². The van der Waals surface area contributed by atoms with Crippen LogP contribution >= 0.6 is 35.0 Å². The Morgan fingerprint density at radius 1 is 0.971 bits per heavy atom. The molecule has 0 aliphatic heterocycles. The smallest absolute Gasteiger partial charge is 0.220 e. The summed E-state index contributed by atoms with van der Waals surface area (Å²) >= 11 is 14.0. The molecule has 8 heteroatoms. The van der Waals surface area contributed by atoms with Crippen LogP contribution in [0, 0.1) is 6.92 Å². The van der Waals surface area contributed by atoms with Crippen molar-refractivity contribution in [3.05, 3.63) is 94.0 Å². The van der Waals surface area contributed by atoms with Crippen LogP contribution in [0.5, 0.6) is 0 Å². The molecule has 4 aromatic rings. The van der Waals surface area contributed by atoms with Gasteiger partial charge in [-0.15, -0.1) is 10.2 Å². The summed E-state index contributed by atoms with van der Waals surface area (Å²) in [6.45, 7) is 2.59. The molecule has 0 spiro atoms. The minimum absolute atomic E-state index is 0.0377. The number of thioether (sulfide) groups is 1. The van der Waals surface area contributed by atoms with Crippen LogP contribution in [0.15, 0.2) is 78.0 Å². The van der Waals surface area contributed by atoms with Gasteiger partial charge in [-0.3, -0.25) is 9.36 Å². The number of amides is 1. The molecule has 1 aromatic heterocycles. The molecule has 1 N–H and O–H groups in total. The van der Waals surface area contributed by atoms with E-state index >= 15 is 0 Å². The van der Waals surface area contributed by atoms with E-state index in [0.717, 1.165) is 40.0 Å². The Morgan fingerprint density at radius 3 is 2.47 bits per heavy atom. The Balaban J connectivity index is 1.44. The fourth-order valence-corrected chi connectivity index (χ4v) is 4.57. The topological polar surface area (TPSA) is 59.8 Å². The fraction of sp³-hybridized carbons (Fsp3) is 0.192. The summed E-state index contributed by atoms with van der Waals surface area (Å²) in [7, 11) is 0. The van der Waals surface area contributed by atoms with Crippen LogP contribution in [-0.2, 0) is 11.3 Å². The number of aryl methyl sites for hydroxylation is 1. The van der Waals surface area contributed by atoms with E-state index in [2.05, 4.69) is 15.5 Å². The molecular weight excluding hydrogens is 487 g/mol. The van der Waals surface area contributed by atoms with Gasteiger partial charge in [-0.25, -0.2) is 0 Å². The zero-order chi connectivity index (χ0) is 23.9. The highest BCUT2D eigenvalue weighted by atomic mass is 35.5. The van der Waals surface area contributed by atoms with E-state index in [-0.39, 0.29) is 5.91 Å². The molecule has 1 amide bonds. The zero-order valence-corrected chi connectivity index (χ0v) is 21.0. The van der Waals surface area contributed by atoms with Gasteiger partial charge >= 0.3 is 0 Å². The largest absolute Gasteiger partial charge is 0.352 e. The lowest BCUT2D eigenvalue weighted by atomic mass is 10.1. The maximum Gasteiger partial charge on any atom is 0.220 e. The lowest BCUT2D eigenvalue weighted by Gasteiger charge is -2.11. The van der Waals surface area contributed by atoms with Gasteiger partial charge in [-0.1, -0.05) is 95.1 Å². The van der Waals surface area contributed by atoms with E-state index in [4.69, 9.17) is 23.2 Å². The van der Waals surface area contributed by atoms with Crippen LogP contribution in [-0.4, -0.2) is 26.4 Å². The number of benzene rings is 3. The summed E-state index contributed by atoms with van der Waals surface area (Å²) in [4.78, 5) is 12.2. The van der Waals surface area contributed by atoms with Gasteiger partial charge in [0.25, 0.3) is 0 Å². The SMILES string of the molecule is Cc1ccc(-c2nnc(SCCCC(=O)NCc3ccccc3)n2-c2ccc(Cl)c(Cl)c2)cc1. The number of aromatic nitrogens is 3. The number of nitrogens with zero attached hydrogens (tertiary/aromatic N) is 3. The molecule has 0 unspecified atom stereocenters. The third kappa shape index (κ3) is 6.20.